The van der Waals surface area contributed by atoms with Gasteiger partial charge in [-0.2, -0.15) is 4.98 Å². The quantitative estimate of drug-likeness (QED) is 0.865. The summed E-state index contributed by atoms with van der Waals surface area (Å²) in [4.78, 5) is 17.8. The van der Waals surface area contributed by atoms with Crippen LogP contribution in [0, 0.1) is 6.92 Å². The summed E-state index contributed by atoms with van der Waals surface area (Å²) in [6.45, 7) is 2.50. The average Bonchev–Trinajstić information content (AvgIpc) is 2.81. The topological polar surface area (TPSA) is 79.5 Å². The molecule has 0 aliphatic carbocycles. The number of β-amino-alcohol motifs (C(OH)–C–C–N with tert-alkyl or cyclic N) is 1. The number of likely N-dealkylation sites (tertiary alicyclic amines) is 1. The van der Waals surface area contributed by atoms with Gasteiger partial charge in [0.1, 0.15) is 0 Å². The lowest BCUT2D eigenvalue weighted by molar-refractivity contribution is 0.00590. The van der Waals surface area contributed by atoms with Gasteiger partial charge in [0.05, 0.1) is 6.10 Å². The Bertz CT molecular complexity index is 617. The molecule has 2 heterocycles. The molecule has 0 unspecified atom stereocenters. The van der Waals surface area contributed by atoms with Crippen LogP contribution < -0.4 is 0 Å². The first-order chi connectivity index (χ1) is 9.13. The monoisotopic (exact) mass is 259 g/mol. The molecule has 1 fully saturated rings. The minimum atomic E-state index is -0.396. The van der Waals surface area contributed by atoms with Crippen LogP contribution in [0.3, 0.4) is 0 Å². The van der Waals surface area contributed by atoms with Crippen LogP contribution in [0.25, 0.3) is 11.4 Å². The normalized spacial score (nSPS) is 15.4. The van der Waals surface area contributed by atoms with Gasteiger partial charge in [-0.15, -0.1) is 0 Å². The van der Waals surface area contributed by atoms with Crippen molar-refractivity contribution < 1.29 is 14.4 Å². The molecule has 1 aromatic heterocycles. The molecule has 1 saturated heterocycles. The van der Waals surface area contributed by atoms with Crippen molar-refractivity contribution in [2.45, 2.75) is 13.0 Å². The lowest BCUT2D eigenvalue weighted by Gasteiger charge is -2.35. The summed E-state index contributed by atoms with van der Waals surface area (Å²) in [5.74, 6) is 0.862. The predicted molar refractivity (Wildman–Crippen MR) is 66.4 cm³/mol. The maximum Gasteiger partial charge on any atom is 0.254 e. The molecule has 1 aliphatic rings. The second-order valence-electron chi connectivity index (χ2n) is 4.58. The Hall–Kier alpha value is -2.21. The highest BCUT2D eigenvalue weighted by Crippen LogP contribution is 2.19. The van der Waals surface area contributed by atoms with Crippen molar-refractivity contribution in [3.63, 3.8) is 0 Å². The third-order valence-corrected chi connectivity index (χ3v) is 3.04. The summed E-state index contributed by atoms with van der Waals surface area (Å²) < 4.78 is 4.92. The van der Waals surface area contributed by atoms with Crippen LogP contribution in [0.2, 0.25) is 0 Å². The molecule has 6 heteroatoms. The number of rotatable bonds is 2. The van der Waals surface area contributed by atoms with Crippen molar-refractivity contribution >= 4 is 5.91 Å². The molecule has 19 heavy (non-hydrogen) atoms. The number of carbonyl (C=O) groups excluding carboxylic acids is 1. The largest absolute Gasteiger partial charge is 0.389 e. The maximum atomic E-state index is 12.1. The van der Waals surface area contributed by atoms with Crippen molar-refractivity contribution in [1.29, 1.82) is 0 Å². The number of amides is 1. The van der Waals surface area contributed by atoms with Gasteiger partial charge in [-0.3, -0.25) is 4.79 Å². The van der Waals surface area contributed by atoms with Crippen molar-refractivity contribution in [1.82, 2.24) is 15.0 Å². The number of aliphatic hydroxyl groups is 1. The Morgan fingerprint density at radius 3 is 2.89 bits per heavy atom. The highest BCUT2D eigenvalue weighted by Gasteiger charge is 2.29. The van der Waals surface area contributed by atoms with E-state index in [2.05, 4.69) is 10.1 Å². The summed E-state index contributed by atoms with van der Waals surface area (Å²) in [5.41, 5.74) is 1.30. The molecule has 0 atom stereocenters. The van der Waals surface area contributed by atoms with Crippen molar-refractivity contribution in [2.75, 3.05) is 13.1 Å². The van der Waals surface area contributed by atoms with Gasteiger partial charge in [0.15, 0.2) is 0 Å². The Kier molecular flexibility index (Phi) is 2.79. The molecule has 3 rings (SSSR count). The minimum Gasteiger partial charge on any atom is -0.389 e. The zero-order valence-corrected chi connectivity index (χ0v) is 10.4. The lowest BCUT2D eigenvalue weighted by atomic mass is 10.1. The van der Waals surface area contributed by atoms with Gasteiger partial charge in [-0.25, -0.2) is 0 Å². The number of nitrogens with zero attached hydrogens (tertiary/aromatic N) is 3. The van der Waals surface area contributed by atoms with E-state index in [0.29, 0.717) is 30.4 Å². The van der Waals surface area contributed by atoms with Crippen LogP contribution in [0.5, 0.6) is 0 Å². The van der Waals surface area contributed by atoms with E-state index in [-0.39, 0.29) is 5.91 Å². The third kappa shape index (κ3) is 2.22. The molecular formula is C13H13N3O3. The van der Waals surface area contributed by atoms with E-state index in [1.54, 1.807) is 30.0 Å². The number of benzene rings is 1. The smallest absolute Gasteiger partial charge is 0.254 e. The first-order valence-electron chi connectivity index (χ1n) is 6.01. The summed E-state index contributed by atoms with van der Waals surface area (Å²) in [7, 11) is 0. The summed E-state index contributed by atoms with van der Waals surface area (Å²) in [6, 6.07) is 7.08. The second-order valence-corrected chi connectivity index (χ2v) is 4.58. The molecule has 2 aromatic rings. The zero-order valence-electron chi connectivity index (χ0n) is 10.4. The van der Waals surface area contributed by atoms with Crippen LogP contribution in [0.1, 0.15) is 16.2 Å². The zero-order chi connectivity index (χ0) is 13.4. The van der Waals surface area contributed by atoms with Gasteiger partial charge < -0.3 is 14.5 Å². The van der Waals surface area contributed by atoms with E-state index in [9.17, 15) is 9.90 Å². The Labute approximate surface area is 109 Å². The number of aliphatic hydroxyl groups excluding tert-OH is 1. The summed E-state index contributed by atoms with van der Waals surface area (Å²) >= 11 is 0. The van der Waals surface area contributed by atoms with Crippen LogP contribution in [0.4, 0.5) is 0 Å². The first-order valence-corrected chi connectivity index (χ1v) is 6.01. The first kappa shape index (κ1) is 11.9. The molecule has 6 nitrogen and oxygen atoms in total. The van der Waals surface area contributed by atoms with Crippen molar-refractivity contribution in [3.8, 4) is 11.4 Å². The fourth-order valence-electron chi connectivity index (χ4n) is 2.01. The Morgan fingerprint density at radius 2 is 2.26 bits per heavy atom. The highest BCUT2D eigenvalue weighted by molar-refractivity contribution is 5.95. The second kappa shape index (κ2) is 4.47. The van der Waals surface area contributed by atoms with E-state index >= 15 is 0 Å². The molecule has 0 radical (unpaired) electrons. The van der Waals surface area contributed by atoms with E-state index in [0.717, 1.165) is 5.56 Å². The Balaban J connectivity index is 1.85. The van der Waals surface area contributed by atoms with E-state index < -0.39 is 6.10 Å². The SMILES string of the molecule is Cc1nc(-c2cccc(C(=O)N3CC(O)C3)c2)no1. The average molecular weight is 259 g/mol. The molecular weight excluding hydrogens is 246 g/mol. The Morgan fingerprint density at radius 1 is 1.47 bits per heavy atom. The highest BCUT2D eigenvalue weighted by atomic mass is 16.5. The molecule has 1 aliphatic heterocycles. The van der Waals surface area contributed by atoms with Crippen LogP contribution in [-0.4, -0.2) is 45.2 Å². The number of hydrogen-bond donors (Lipinski definition) is 1. The van der Waals surface area contributed by atoms with Gasteiger partial charge in [-0.1, -0.05) is 17.3 Å². The molecule has 1 N–H and O–H groups in total. The third-order valence-electron chi connectivity index (χ3n) is 3.04. The van der Waals surface area contributed by atoms with E-state index in [4.69, 9.17) is 4.52 Å². The molecule has 98 valence electrons. The van der Waals surface area contributed by atoms with Crippen molar-refractivity contribution in [2.24, 2.45) is 0 Å². The molecule has 1 amide bonds. The van der Waals surface area contributed by atoms with Crippen LogP contribution >= 0.6 is 0 Å². The number of carbonyl (C=O) groups is 1. The van der Waals surface area contributed by atoms with Gasteiger partial charge in [0, 0.05) is 31.1 Å². The fraction of sp³-hybridized carbons (Fsp3) is 0.308. The van der Waals surface area contributed by atoms with Crippen LogP contribution in [0.15, 0.2) is 28.8 Å². The molecule has 0 bridgehead atoms. The fourth-order valence-corrected chi connectivity index (χ4v) is 2.01. The minimum absolute atomic E-state index is 0.0904. The van der Waals surface area contributed by atoms with Gasteiger partial charge in [0.25, 0.3) is 5.91 Å². The van der Waals surface area contributed by atoms with Crippen molar-refractivity contribution in [3.05, 3.63) is 35.7 Å². The van der Waals surface area contributed by atoms with Gasteiger partial charge in [-0.05, 0) is 12.1 Å². The van der Waals surface area contributed by atoms with Crippen LogP contribution in [-0.2, 0) is 0 Å². The predicted octanol–water partition coefficient (Wildman–Crippen LogP) is 0.862. The summed E-state index contributed by atoms with van der Waals surface area (Å²) in [6.07, 6.45) is -0.396. The number of hydrogen-bond acceptors (Lipinski definition) is 5. The number of aryl methyl sites for hydroxylation is 1. The van der Waals surface area contributed by atoms with Gasteiger partial charge >= 0.3 is 0 Å². The van der Waals surface area contributed by atoms with Gasteiger partial charge in [0.2, 0.25) is 11.7 Å². The molecule has 1 aromatic carbocycles. The summed E-state index contributed by atoms with van der Waals surface area (Å²) in [5, 5.41) is 13.0. The van der Waals surface area contributed by atoms with E-state index in [1.165, 1.54) is 0 Å². The standard InChI is InChI=1S/C13H13N3O3/c1-8-14-12(15-19-8)9-3-2-4-10(5-9)13(18)16-6-11(17)7-16/h2-5,11,17H,6-7H2,1H3. The van der Waals surface area contributed by atoms with E-state index in [1.807, 2.05) is 6.07 Å². The maximum absolute atomic E-state index is 12.1. The molecule has 0 spiro atoms. The molecule has 0 saturated carbocycles. The number of aromatic nitrogens is 2. The lowest BCUT2D eigenvalue weighted by Crippen LogP contribution is -2.53.